The van der Waals surface area contributed by atoms with Gasteiger partial charge in [0.15, 0.2) is 0 Å². The van der Waals surface area contributed by atoms with Crippen molar-refractivity contribution in [1.29, 1.82) is 0 Å². The van der Waals surface area contributed by atoms with Crippen molar-refractivity contribution in [2.45, 2.75) is 70.8 Å². The Hall–Kier alpha value is -2.78. The molecule has 2 fully saturated rings. The largest absolute Gasteiger partial charge is 0.424 e. The highest BCUT2D eigenvalue weighted by molar-refractivity contribution is 5.90. The molecule has 2 saturated carbocycles. The predicted molar refractivity (Wildman–Crippen MR) is 132 cm³/mol. The molecular formula is C29H32F6N2O2. The lowest BCUT2D eigenvalue weighted by Crippen LogP contribution is -2.66. The highest BCUT2D eigenvalue weighted by Gasteiger charge is 2.73. The van der Waals surface area contributed by atoms with Crippen LogP contribution >= 0.6 is 0 Å². The van der Waals surface area contributed by atoms with Gasteiger partial charge in [0.2, 0.25) is 11.8 Å². The van der Waals surface area contributed by atoms with Gasteiger partial charge in [-0.25, -0.2) is 0 Å². The number of aryl methyl sites for hydroxylation is 1. The number of hydrogen-bond acceptors (Lipinski definition) is 2. The molecule has 1 unspecified atom stereocenters. The SMILES string of the molecule is Cc1ccc(C(NC(=O)C2CC[C@H]3[C@@H]4CC=C5NC(=O)C=C[C@]5(C)[C@@H]4CC[C@]23C)(C(F)(F)F)C(F)(F)F)cc1. The van der Waals surface area contributed by atoms with Gasteiger partial charge < -0.3 is 10.6 Å². The molecule has 6 atom stereocenters. The second kappa shape index (κ2) is 8.86. The topological polar surface area (TPSA) is 58.2 Å². The number of nitrogens with one attached hydrogen (secondary N) is 2. The number of amides is 2. The molecule has 1 heterocycles. The first kappa shape index (κ1) is 27.8. The van der Waals surface area contributed by atoms with Crippen LogP contribution in [-0.2, 0) is 15.1 Å². The lowest BCUT2D eigenvalue weighted by atomic mass is 9.50. The molecule has 0 aromatic heterocycles. The summed E-state index contributed by atoms with van der Waals surface area (Å²) in [6.45, 7) is 5.46. The molecule has 39 heavy (non-hydrogen) atoms. The van der Waals surface area contributed by atoms with E-state index >= 15 is 0 Å². The Morgan fingerprint density at radius 1 is 0.974 bits per heavy atom. The van der Waals surface area contributed by atoms with Crippen LogP contribution in [0, 0.1) is 41.4 Å². The van der Waals surface area contributed by atoms with Crippen molar-refractivity contribution >= 4 is 11.8 Å². The van der Waals surface area contributed by atoms with Crippen LogP contribution in [0.15, 0.2) is 48.2 Å². The molecule has 1 aromatic carbocycles. The standard InChI is InChI=1S/C29H32F6N2O2/c1-16-4-6-17(7-5-16)27(28(30,31)32,29(33,34)35)37-24(39)21-10-9-19-18-8-11-22-26(3,15-13-23(38)36-22)20(18)12-14-25(19,21)2/h4-7,11,13,15,18-21H,8-10,12,14H2,1-3H3,(H,36,38)(H,37,39)/t18-,19-,20+,21?,25-,26+/m0/s1. The number of benzene rings is 1. The summed E-state index contributed by atoms with van der Waals surface area (Å²) in [6, 6.07) is 3.92. The number of alkyl halides is 6. The van der Waals surface area contributed by atoms with Crippen LogP contribution in [0.5, 0.6) is 0 Å². The zero-order valence-corrected chi connectivity index (χ0v) is 22.0. The van der Waals surface area contributed by atoms with Crippen molar-refractivity contribution in [2.75, 3.05) is 0 Å². The Balaban J connectivity index is 1.47. The maximum absolute atomic E-state index is 14.4. The van der Waals surface area contributed by atoms with Gasteiger partial charge in [0.1, 0.15) is 0 Å². The second-order valence-electron chi connectivity index (χ2n) is 12.1. The Morgan fingerprint density at radius 2 is 1.62 bits per heavy atom. The monoisotopic (exact) mass is 554 g/mol. The number of rotatable bonds is 3. The van der Waals surface area contributed by atoms with Crippen molar-refractivity contribution in [3.63, 3.8) is 0 Å². The van der Waals surface area contributed by atoms with Crippen LogP contribution in [0.2, 0.25) is 0 Å². The van der Waals surface area contributed by atoms with E-state index in [1.165, 1.54) is 23.5 Å². The van der Waals surface area contributed by atoms with E-state index in [0.717, 1.165) is 17.8 Å². The summed E-state index contributed by atoms with van der Waals surface area (Å²) < 4.78 is 86.4. The van der Waals surface area contributed by atoms with Crippen molar-refractivity contribution in [3.8, 4) is 0 Å². The van der Waals surface area contributed by atoms with Gasteiger partial charge in [-0.3, -0.25) is 9.59 Å². The highest BCUT2D eigenvalue weighted by atomic mass is 19.4. The average Bonchev–Trinajstić information content (AvgIpc) is 3.19. The number of hydrogen-bond donors (Lipinski definition) is 2. The molecule has 212 valence electrons. The number of fused-ring (bicyclic) bond motifs is 5. The van der Waals surface area contributed by atoms with Gasteiger partial charge in [0, 0.05) is 23.1 Å². The second-order valence-corrected chi connectivity index (χ2v) is 12.1. The van der Waals surface area contributed by atoms with E-state index in [1.54, 1.807) is 6.92 Å². The van der Waals surface area contributed by atoms with Gasteiger partial charge >= 0.3 is 12.4 Å². The van der Waals surface area contributed by atoms with Gasteiger partial charge in [-0.1, -0.05) is 55.8 Å². The molecule has 0 saturated heterocycles. The van der Waals surface area contributed by atoms with Crippen LogP contribution < -0.4 is 10.6 Å². The molecule has 4 aliphatic rings. The molecule has 2 N–H and O–H groups in total. The number of halogens is 6. The van der Waals surface area contributed by atoms with Gasteiger partial charge in [-0.05, 0) is 67.8 Å². The molecule has 4 nitrogen and oxygen atoms in total. The summed E-state index contributed by atoms with van der Waals surface area (Å²) in [5.41, 5.74) is -5.40. The molecule has 1 aromatic rings. The molecule has 0 bridgehead atoms. The minimum Gasteiger partial charge on any atom is -0.331 e. The van der Waals surface area contributed by atoms with E-state index in [2.05, 4.69) is 12.2 Å². The van der Waals surface area contributed by atoms with E-state index in [4.69, 9.17) is 0 Å². The van der Waals surface area contributed by atoms with E-state index in [9.17, 15) is 35.9 Å². The first-order valence-corrected chi connectivity index (χ1v) is 13.3. The minimum absolute atomic E-state index is 0.0433. The van der Waals surface area contributed by atoms with Crippen molar-refractivity contribution in [2.24, 2.45) is 34.5 Å². The summed E-state index contributed by atoms with van der Waals surface area (Å²) in [6.07, 6.45) is -3.69. The van der Waals surface area contributed by atoms with Crippen LogP contribution in [0.25, 0.3) is 0 Å². The molecule has 5 rings (SSSR count). The van der Waals surface area contributed by atoms with Gasteiger partial charge in [-0.15, -0.1) is 0 Å². The Kier molecular flexibility index (Phi) is 6.31. The molecule has 3 aliphatic carbocycles. The summed E-state index contributed by atoms with van der Waals surface area (Å²) in [5.74, 6) is -2.19. The van der Waals surface area contributed by atoms with Crippen LogP contribution in [0.4, 0.5) is 26.3 Å². The summed E-state index contributed by atoms with van der Waals surface area (Å²) in [5, 5.41) is 4.44. The fraction of sp³-hybridized carbons (Fsp3) is 0.586. The first-order valence-electron chi connectivity index (χ1n) is 13.3. The molecule has 2 amide bonds. The van der Waals surface area contributed by atoms with Gasteiger partial charge in [0.25, 0.3) is 5.54 Å². The Bertz CT molecular complexity index is 1220. The zero-order chi connectivity index (χ0) is 28.6. The molecule has 0 radical (unpaired) electrons. The van der Waals surface area contributed by atoms with Gasteiger partial charge in [-0.2, -0.15) is 26.3 Å². The Morgan fingerprint density at radius 3 is 2.23 bits per heavy atom. The quantitative estimate of drug-likeness (QED) is 0.421. The van der Waals surface area contributed by atoms with Crippen molar-refractivity contribution in [1.82, 2.24) is 10.6 Å². The highest BCUT2D eigenvalue weighted by Crippen LogP contribution is 2.65. The van der Waals surface area contributed by atoms with E-state index in [1.807, 2.05) is 19.1 Å². The summed E-state index contributed by atoms with van der Waals surface area (Å²) >= 11 is 0. The number of allylic oxidation sites excluding steroid dienone is 2. The predicted octanol–water partition coefficient (Wildman–Crippen LogP) is 6.47. The number of carbonyl (C=O) groups excluding carboxylic acids is 2. The van der Waals surface area contributed by atoms with Crippen LogP contribution in [0.3, 0.4) is 0 Å². The molecule has 0 spiro atoms. The zero-order valence-electron chi connectivity index (χ0n) is 22.0. The normalized spacial score (nSPS) is 34.4. The molecule has 1 aliphatic heterocycles. The molecular weight excluding hydrogens is 522 g/mol. The first-order chi connectivity index (χ1) is 18.0. The molecule has 10 heteroatoms. The lowest BCUT2D eigenvalue weighted by Gasteiger charge is -2.56. The van der Waals surface area contributed by atoms with E-state index < -0.39 is 46.1 Å². The van der Waals surface area contributed by atoms with Crippen molar-refractivity contribution in [3.05, 3.63) is 59.3 Å². The number of carbonyl (C=O) groups is 2. The maximum Gasteiger partial charge on any atom is 0.424 e. The van der Waals surface area contributed by atoms with Gasteiger partial charge in [0.05, 0.1) is 0 Å². The lowest BCUT2D eigenvalue weighted by molar-refractivity contribution is -0.312. The smallest absolute Gasteiger partial charge is 0.331 e. The fourth-order valence-electron chi connectivity index (χ4n) is 8.06. The van der Waals surface area contributed by atoms with Crippen LogP contribution in [0.1, 0.15) is 57.1 Å². The Labute approximate surface area is 223 Å². The van der Waals surface area contributed by atoms with Crippen molar-refractivity contribution < 1.29 is 35.9 Å². The van der Waals surface area contributed by atoms with Crippen LogP contribution in [-0.4, -0.2) is 24.2 Å². The summed E-state index contributed by atoms with van der Waals surface area (Å²) in [7, 11) is 0. The third-order valence-corrected chi connectivity index (χ3v) is 10.2. The minimum atomic E-state index is -5.82. The average molecular weight is 555 g/mol. The third kappa shape index (κ3) is 4.03. The van der Waals surface area contributed by atoms with E-state index in [0.29, 0.717) is 31.2 Å². The van der Waals surface area contributed by atoms with E-state index in [-0.39, 0.29) is 30.1 Å². The maximum atomic E-state index is 14.4. The third-order valence-electron chi connectivity index (χ3n) is 10.2. The fourth-order valence-corrected chi connectivity index (χ4v) is 8.06. The summed E-state index contributed by atoms with van der Waals surface area (Å²) in [4.78, 5) is 25.5.